The minimum Gasteiger partial charge on any atom is -0.373 e. The zero-order valence-electron chi connectivity index (χ0n) is 13.5. The lowest BCUT2D eigenvalue weighted by atomic mass is 9.86. The molecule has 0 aliphatic carbocycles. The van der Waals surface area contributed by atoms with Crippen molar-refractivity contribution in [2.24, 2.45) is 0 Å². The van der Waals surface area contributed by atoms with Crippen molar-refractivity contribution in [2.45, 2.75) is 31.2 Å². The summed E-state index contributed by atoms with van der Waals surface area (Å²) in [6.07, 6.45) is 5.19. The molecule has 0 aromatic carbocycles. The highest BCUT2D eigenvalue weighted by Crippen LogP contribution is 2.37. The summed E-state index contributed by atoms with van der Waals surface area (Å²) in [5.41, 5.74) is 0.652. The van der Waals surface area contributed by atoms with Gasteiger partial charge in [-0.05, 0) is 18.1 Å². The van der Waals surface area contributed by atoms with Gasteiger partial charge < -0.3 is 9.47 Å². The number of hydrogen-bond donors (Lipinski definition) is 0. The molecule has 0 amide bonds. The maximum absolute atomic E-state index is 12.1. The van der Waals surface area contributed by atoms with E-state index >= 15 is 0 Å². The van der Waals surface area contributed by atoms with E-state index in [0.717, 1.165) is 18.4 Å². The molecule has 0 unspecified atom stereocenters. The Morgan fingerprint density at radius 3 is 2.91 bits per heavy atom. The zero-order chi connectivity index (χ0) is 16.5. The Balaban J connectivity index is 1.54. The van der Waals surface area contributed by atoms with Crippen LogP contribution in [0.2, 0.25) is 0 Å². The van der Waals surface area contributed by atoms with Crippen molar-refractivity contribution in [1.29, 1.82) is 0 Å². The SMILES string of the molecule is CN(C)S(=O)(=O)N1CC2(C[C@@H](OCc3cccnc3)CCO2)C1. The topological polar surface area (TPSA) is 72.0 Å². The Bertz CT molecular complexity index is 629. The van der Waals surface area contributed by atoms with E-state index in [-0.39, 0.29) is 11.7 Å². The third-order valence-corrected chi connectivity index (χ3v) is 6.21. The molecule has 0 N–H and O–H groups in total. The minimum atomic E-state index is -3.35. The molecule has 1 aromatic rings. The van der Waals surface area contributed by atoms with E-state index in [0.29, 0.717) is 26.3 Å². The highest BCUT2D eigenvalue weighted by atomic mass is 32.2. The average molecular weight is 341 g/mol. The molecule has 1 atom stereocenters. The van der Waals surface area contributed by atoms with E-state index in [1.807, 2.05) is 12.1 Å². The number of rotatable bonds is 5. The molecule has 2 aliphatic heterocycles. The molecule has 0 saturated carbocycles. The van der Waals surface area contributed by atoms with E-state index in [4.69, 9.17) is 9.47 Å². The Hall–Kier alpha value is -1.06. The van der Waals surface area contributed by atoms with Crippen LogP contribution in [0, 0.1) is 0 Å². The Labute approximate surface area is 137 Å². The third kappa shape index (κ3) is 3.56. The first kappa shape index (κ1) is 16.8. The number of pyridine rings is 1. The van der Waals surface area contributed by atoms with Crippen molar-refractivity contribution in [3.05, 3.63) is 30.1 Å². The third-order valence-electron chi connectivity index (χ3n) is 4.37. The summed E-state index contributed by atoms with van der Waals surface area (Å²) in [4.78, 5) is 4.08. The molecular formula is C15H23N3O4S. The molecule has 1 spiro atoms. The van der Waals surface area contributed by atoms with Crippen LogP contribution in [0.4, 0.5) is 0 Å². The maximum Gasteiger partial charge on any atom is 0.281 e. The number of hydrogen-bond acceptors (Lipinski definition) is 5. The summed E-state index contributed by atoms with van der Waals surface area (Å²) < 4.78 is 38.7. The van der Waals surface area contributed by atoms with Crippen molar-refractivity contribution in [2.75, 3.05) is 33.8 Å². The van der Waals surface area contributed by atoms with Gasteiger partial charge in [0, 0.05) is 52.6 Å². The zero-order valence-corrected chi connectivity index (χ0v) is 14.3. The first-order valence-electron chi connectivity index (χ1n) is 7.73. The molecule has 0 bridgehead atoms. The maximum atomic E-state index is 12.1. The smallest absolute Gasteiger partial charge is 0.281 e. The summed E-state index contributed by atoms with van der Waals surface area (Å²) in [7, 11) is -0.264. The molecule has 7 nitrogen and oxygen atoms in total. The largest absolute Gasteiger partial charge is 0.373 e. The second-order valence-electron chi connectivity index (χ2n) is 6.38. The van der Waals surface area contributed by atoms with Gasteiger partial charge in [0.25, 0.3) is 10.2 Å². The molecule has 3 rings (SSSR count). The lowest BCUT2D eigenvalue weighted by Gasteiger charge is -2.52. The molecule has 2 fully saturated rings. The van der Waals surface area contributed by atoms with Crippen LogP contribution in [-0.4, -0.2) is 67.5 Å². The average Bonchev–Trinajstić information content (AvgIpc) is 2.51. The molecule has 2 aliphatic rings. The van der Waals surface area contributed by atoms with Gasteiger partial charge in [0.05, 0.1) is 18.3 Å². The molecule has 3 heterocycles. The van der Waals surface area contributed by atoms with Crippen LogP contribution in [0.5, 0.6) is 0 Å². The quantitative estimate of drug-likeness (QED) is 0.786. The van der Waals surface area contributed by atoms with Crippen LogP contribution in [0.15, 0.2) is 24.5 Å². The predicted octanol–water partition coefficient (Wildman–Crippen LogP) is 0.638. The fourth-order valence-corrected chi connectivity index (χ4v) is 4.29. The second kappa shape index (κ2) is 6.45. The first-order valence-corrected chi connectivity index (χ1v) is 9.13. The number of ether oxygens (including phenoxy) is 2. The van der Waals surface area contributed by atoms with Gasteiger partial charge in [0.2, 0.25) is 0 Å². The Kier molecular flexibility index (Phi) is 4.70. The highest BCUT2D eigenvalue weighted by Gasteiger charge is 2.52. The van der Waals surface area contributed by atoms with Crippen molar-refractivity contribution >= 4 is 10.2 Å². The van der Waals surface area contributed by atoms with Crippen LogP contribution in [0.3, 0.4) is 0 Å². The van der Waals surface area contributed by atoms with Gasteiger partial charge in [0.15, 0.2) is 0 Å². The van der Waals surface area contributed by atoms with Crippen molar-refractivity contribution in [3.63, 3.8) is 0 Å². The molecule has 128 valence electrons. The van der Waals surface area contributed by atoms with Gasteiger partial charge in [-0.25, -0.2) is 0 Å². The van der Waals surface area contributed by atoms with Crippen LogP contribution in [0.1, 0.15) is 18.4 Å². The number of nitrogens with zero attached hydrogens (tertiary/aromatic N) is 3. The fourth-order valence-electron chi connectivity index (χ4n) is 3.03. The van der Waals surface area contributed by atoms with Crippen LogP contribution in [0.25, 0.3) is 0 Å². The monoisotopic (exact) mass is 341 g/mol. The summed E-state index contributed by atoms with van der Waals surface area (Å²) >= 11 is 0. The summed E-state index contributed by atoms with van der Waals surface area (Å²) in [6, 6.07) is 3.87. The lowest BCUT2D eigenvalue weighted by Crippen LogP contribution is -2.68. The number of aromatic nitrogens is 1. The minimum absolute atomic E-state index is 0.0909. The highest BCUT2D eigenvalue weighted by molar-refractivity contribution is 7.86. The Morgan fingerprint density at radius 2 is 2.26 bits per heavy atom. The van der Waals surface area contributed by atoms with Crippen LogP contribution in [-0.2, 0) is 26.3 Å². The van der Waals surface area contributed by atoms with Crippen LogP contribution < -0.4 is 0 Å². The summed E-state index contributed by atoms with van der Waals surface area (Å²) in [6.45, 7) is 1.93. The van der Waals surface area contributed by atoms with Crippen molar-refractivity contribution in [1.82, 2.24) is 13.6 Å². The van der Waals surface area contributed by atoms with Gasteiger partial charge in [-0.1, -0.05) is 6.07 Å². The summed E-state index contributed by atoms with van der Waals surface area (Å²) in [5, 5.41) is 0. The van der Waals surface area contributed by atoms with E-state index in [9.17, 15) is 8.42 Å². The van der Waals surface area contributed by atoms with E-state index in [1.54, 1.807) is 26.5 Å². The van der Waals surface area contributed by atoms with Gasteiger partial charge in [0.1, 0.15) is 0 Å². The first-order chi connectivity index (χ1) is 10.9. The van der Waals surface area contributed by atoms with Gasteiger partial charge in [-0.15, -0.1) is 0 Å². The molecule has 0 radical (unpaired) electrons. The van der Waals surface area contributed by atoms with E-state index in [2.05, 4.69) is 4.98 Å². The molecule has 23 heavy (non-hydrogen) atoms. The van der Waals surface area contributed by atoms with E-state index in [1.165, 1.54) is 8.61 Å². The second-order valence-corrected chi connectivity index (χ2v) is 8.52. The summed E-state index contributed by atoms with van der Waals surface area (Å²) in [5.74, 6) is 0. The lowest BCUT2D eigenvalue weighted by molar-refractivity contribution is -0.181. The fraction of sp³-hybridized carbons (Fsp3) is 0.667. The molecule has 2 saturated heterocycles. The van der Waals surface area contributed by atoms with Gasteiger partial charge in [-0.2, -0.15) is 17.0 Å². The van der Waals surface area contributed by atoms with Crippen LogP contribution >= 0.6 is 0 Å². The van der Waals surface area contributed by atoms with Gasteiger partial charge >= 0.3 is 0 Å². The molecular weight excluding hydrogens is 318 g/mol. The predicted molar refractivity (Wildman–Crippen MR) is 84.9 cm³/mol. The normalized spacial score (nSPS) is 24.7. The van der Waals surface area contributed by atoms with Crippen molar-refractivity contribution in [3.8, 4) is 0 Å². The molecule has 8 heteroatoms. The van der Waals surface area contributed by atoms with E-state index < -0.39 is 10.2 Å². The molecule has 1 aromatic heterocycles. The van der Waals surface area contributed by atoms with Crippen molar-refractivity contribution < 1.29 is 17.9 Å². The Morgan fingerprint density at radius 1 is 1.48 bits per heavy atom. The van der Waals surface area contributed by atoms with Gasteiger partial charge in [-0.3, -0.25) is 4.98 Å². The standard InChI is InChI=1S/C15H23N3O4S/c1-17(2)23(19,20)18-11-15(12-18)8-14(5-7-22-15)21-10-13-4-3-6-16-9-13/h3-4,6,9,14H,5,7-8,10-12H2,1-2H3/t14-/m0/s1.